The summed E-state index contributed by atoms with van der Waals surface area (Å²) in [4.78, 5) is 0. The van der Waals surface area contributed by atoms with Gasteiger partial charge in [-0.2, -0.15) is 5.26 Å². The van der Waals surface area contributed by atoms with Crippen LogP contribution >= 0.6 is 0 Å². The average Bonchev–Trinajstić information content (AvgIpc) is 2.29. The Balaban J connectivity index is 2.20. The van der Waals surface area contributed by atoms with Crippen molar-refractivity contribution in [2.75, 3.05) is 13.1 Å². The summed E-state index contributed by atoms with van der Waals surface area (Å²) < 4.78 is 0. The van der Waals surface area contributed by atoms with Crippen LogP contribution in [-0.4, -0.2) is 13.1 Å². The summed E-state index contributed by atoms with van der Waals surface area (Å²) in [6.45, 7) is 8.21. The van der Waals surface area contributed by atoms with Crippen molar-refractivity contribution < 1.29 is 0 Å². The zero-order chi connectivity index (χ0) is 12.0. The fraction of sp³-hybridized carbons (Fsp3) is 0.929. The lowest BCUT2D eigenvalue weighted by Crippen LogP contribution is -2.33. The third-order valence-corrected chi connectivity index (χ3v) is 3.77. The van der Waals surface area contributed by atoms with Crippen molar-refractivity contribution in [3.8, 4) is 6.07 Å². The molecular formula is C14H26N2. The Morgan fingerprint density at radius 3 is 2.62 bits per heavy atom. The second-order valence-corrected chi connectivity index (χ2v) is 5.93. The van der Waals surface area contributed by atoms with Crippen LogP contribution in [0, 0.1) is 28.6 Å². The van der Waals surface area contributed by atoms with Gasteiger partial charge in [0, 0.05) is 6.54 Å². The maximum absolute atomic E-state index is 8.92. The maximum Gasteiger partial charge on any atom is 0.0697 e. The van der Waals surface area contributed by atoms with Gasteiger partial charge in [-0.15, -0.1) is 0 Å². The second-order valence-electron chi connectivity index (χ2n) is 5.93. The molecule has 0 spiro atoms. The Kier molecular flexibility index (Phi) is 5.28. The second kappa shape index (κ2) is 6.25. The standard InChI is InChI=1S/C14H26N2/c1-4-12-6-5-7-13(8-12)9-16-11-14(2,3)10-15/h12-13,16H,4-9,11H2,1-3H3. The molecule has 0 amide bonds. The van der Waals surface area contributed by atoms with Crippen LogP contribution in [0.5, 0.6) is 0 Å². The van der Waals surface area contributed by atoms with E-state index >= 15 is 0 Å². The molecule has 0 aliphatic heterocycles. The van der Waals surface area contributed by atoms with Crippen molar-refractivity contribution in [3.05, 3.63) is 0 Å². The van der Waals surface area contributed by atoms with Crippen molar-refractivity contribution >= 4 is 0 Å². The molecule has 0 radical (unpaired) electrons. The van der Waals surface area contributed by atoms with E-state index in [-0.39, 0.29) is 5.41 Å². The molecule has 0 saturated heterocycles. The van der Waals surface area contributed by atoms with Gasteiger partial charge < -0.3 is 5.32 Å². The van der Waals surface area contributed by atoms with E-state index in [1.165, 1.54) is 32.1 Å². The van der Waals surface area contributed by atoms with Gasteiger partial charge in [-0.3, -0.25) is 0 Å². The van der Waals surface area contributed by atoms with Gasteiger partial charge in [-0.05, 0) is 45.1 Å². The number of rotatable bonds is 5. The third-order valence-electron chi connectivity index (χ3n) is 3.77. The van der Waals surface area contributed by atoms with Gasteiger partial charge in [0.25, 0.3) is 0 Å². The zero-order valence-corrected chi connectivity index (χ0v) is 11.1. The van der Waals surface area contributed by atoms with Gasteiger partial charge in [-0.1, -0.05) is 26.2 Å². The van der Waals surface area contributed by atoms with Crippen LogP contribution in [0.2, 0.25) is 0 Å². The van der Waals surface area contributed by atoms with E-state index < -0.39 is 0 Å². The minimum atomic E-state index is -0.223. The van der Waals surface area contributed by atoms with E-state index in [1.54, 1.807) is 0 Å². The van der Waals surface area contributed by atoms with Gasteiger partial charge in [0.1, 0.15) is 0 Å². The molecule has 16 heavy (non-hydrogen) atoms. The first-order valence-electron chi connectivity index (χ1n) is 6.69. The Hall–Kier alpha value is -0.550. The quantitative estimate of drug-likeness (QED) is 0.774. The molecule has 2 atom stereocenters. The zero-order valence-electron chi connectivity index (χ0n) is 11.1. The molecule has 0 aromatic carbocycles. The number of nitriles is 1. The Morgan fingerprint density at radius 1 is 1.31 bits per heavy atom. The highest BCUT2D eigenvalue weighted by atomic mass is 14.9. The van der Waals surface area contributed by atoms with Gasteiger partial charge in [0.15, 0.2) is 0 Å². The van der Waals surface area contributed by atoms with E-state index in [0.717, 1.165) is 24.9 Å². The van der Waals surface area contributed by atoms with Gasteiger partial charge in [0.2, 0.25) is 0 Å². The van der Waals surface area contributed by atoms with E-state index in [4.69, 9.17) is 5.26 Å². The summed E-state index contributed by atoms with van der Waals surface area (Å²) in [5.41, 5.74) is -0.223. The van der Waals surface area contributed by atoms with E-state index in [0.29, 0.717) is 0 Å². The van der Waals surface area contributed by atoms with Crippen LogP contribution in [0.25, 0.3) is 0 Å². The van der Waals surface area contributed by atoms with Crippen LogP contribution in [0.1, 0.15) is 52.9 Å². The predicted octanol–water partition coefficient (Wildman–Crippen LogP) is 3.34. The summed E-state index contributed by atoms with van der Waals surface area (Å²) in [5.74, 6) is 1.79. The lowest BCUT2D eigenvalue weighted by Gasteiger charge is -2.29. The maximum atomic E-state index is 8.92. The molecule has 92 valence electrons. The fourth-order valence-corrected chi connectivity index (χ4v) is 2.59. The summed E-state index contributed by atoms with van der Waals surface area (Å²) in [6.07, 6.45) is 6.91. The first-order valence-corrected chi connectivity index (χ1v) is 6.69. The summed E-state index contributed by atoms with van der Waals surface area (Å²) in [5, 5.41) is 12.4. The summed E-state index contributed by atoms with van der Waals surface area (Å²) in [7, 11) is 0. The summed E-state index contributed by atoms with van der Waals surface area (Å²) >= 11 is 0. The topological polar surface area (TPSA) is 35.8 Å². The number of nitrogens with zero attached hydrogens (tertiary/aromatic N) is 1. The molecule has 1 rings (SSSR count). The van der Waals surface area contributed by atoms with E-state index in [1.807, 2.05) is 13.8 Å². The molecule has 2 unspecified atom stereocenters. The van der Waals surface area contributed by atoms with Crippen LogP contribution in [0.3, 0.4) is 0 Å². The first-order chi connectivity index (χ1) is 7.57. The van der Waals surface area contributed by atoms with Crippen molar-refractivity contribution in [2.45, 2.75) is 52.9 Å². The molecule has 1 saturated carbocycles. The van der Waals surface area contributed by atoms with Crippen molar-refractivity contribution in [1.29, 1.82) is 5.26 Å². The van der Waals surface area contributed by atoms with Crippen LogP contribution in [-0.2, 0) is 0 Å². The lowest BCUT2D eigenvalue weighted by molar-refractivity contribution is 0.249. The minimum Gasteiger partial charge on any atom is -0.315 e. The van der Waals surface area contributed by atoms with Gasteiger partial charge in [0.05, 0.1) is 11.5 Å². The largest absolute Gasteiger partial charge is 0.315 e. The normalized spacial score (nSPS) is 26.4. The molecule has 0 aromatic heterocycles. The molecule has 1 aliphatic rings. The number of hydrogen-bond donors (Lipinski definition) is 1. The van der Waals surface area contributed by atoms with Crippen molar-refractivity contribution in [2.24, 2.45) is 17.3 Å². The van der Waals surface area contributed by atoms with Gasteiger partial charge in [-0.25, -0.2) is 0 Å². The van der Waals surface area contributed by atoms with E-state index in [9.17, 15) is 0 Å². The van der Waals surface area contributed by atoms with Gasteiger partial charge >= 0.3 is 0 Å². The minimum absolute atomic E-state index is 0.223. The molecule has 1 aliphatic carbocycles. The molecular weight excluding hydrogens is 196 g/mol. The molecule has 0 bridgehead atoms. The van der Waals surface area contributed by atoms with Crippen molar-refractivity contribution in [1.82, 2.24) is 5.32 Å². The predicted molar refractivity (Wildman–Crippen MR) is 68.0 cm³/mol. The van der Waals surface area contributed by atoms with Crippen LogP contribution in [0.15, 0.2) is 0 Å². The molecule has 2 nitrogen and oxygen atoms in total. The first kappa shape index (κ1) is 13.5. The molecule has 1 fully saturated rings. The van der Waals surface area contributed by atoms with Crippen LogP contribution in [0.4, 0.5) is 0 Å². The molecule has 2 heteroatoms. The van der Waals surface area contributed by atoms with Crippen LogP contribution < -0.4 is 5.32 Å². The smallest absolute Gasteiger partial charge is 0.0697 e. The Labute approximate surface area is 100 Å². The Bertz CT molecular complexity index is 240. The Morgan fingerprint density at radius 2 is 2.00 bits per heavy atom. The number of nitrogens with one attached hydrogen (secondary N) is 1. The molecule has 0 heterocycles. The highest BCUT2D eigenvalue weighted by Gasteiger charge is 2.21. The average molecular weight is 222 g/mol. The molecule has 0 aromatic rings. The highest BCUT2D eigenvalue weighted by Crippen LogP contribution is 2.30. The third kappa shape index (κ3) is 4.53. The highest BCUT2D eigenvalue weighted by molar-refractivity contribution is 4.93. The lowest BCUT2D eigenvalue weighted by atomic mass is 9.80. The van der Waals surface area contributed by atoms with E-state index in [2.05, 4.69) is 18.3 Å². The fourth-order valence-electron chi connectivity index (χ4n) is 2.59. The summed E-state index contributed by atoms with van der Waals surface area (Å²) in [6, 6.07) is 2.34. The SMILES string of the molecule is CCC1CCCC(CNCC(C)(C)C#N)C1. The molecule has 1 N–H and O–H groups in total. The number of hydrogen-bond acceptors (Lipinski definition) is 2. The monoisotopic (exact) mass is 222 g/mol. The van der Waals surface area contributed by atoms with Crippen molar-refractivity contribution in [3.63, 3.8) is 0 Å².